The summed E-state index contributed by atoms with van der Waals surface area (Å²) >= 11 is 0. The normalized spacial score (nSPS) is 11.9. The summed E-state index contributed by atoms with van der Waals surface area (Å²) < 4.78 is 0. The van der Waals surface area contributed by atoms with Gasteiger partial charge in [0.15, 0.2) is 5.96 Å². The Kier molecular flexibility index (Phi) is 8.81. The maximum absolute atomic E-state index is 11.4. The van der Waals surface area contributed by atoms with Gasteiger partial charge in [0.1, 0.15) is 0 Å². The standard InChI is InChI=1S/C19H33N5O/c1-5-21-18(23-15-19(3,4)17(20)25)22-13-10-14-24(6-2)16-11-8-7-9-12-16/h7-9,11-12H,5-6,10,13-15H2,1-4H3,(H2,20,25)(H2,21,22,23). The van der Waals surface area contributed by atoms with Crippen molar-refractivity contribution in [1.29, 1.82) is 0 Å². The smallest absolute Gasteiger partial charge is 0.224 e. The van der Waals surface area contributed by atoms with E-state index in [1.807, 2.05) is 13.0 Å². The quantitative estimate of drug-likeness (QED) is 0.343. The van der Waals surface area contributed by atoms with Gasteiger partial charge in [-0.1, -0.05) is 18.2 Å². The molecule has 1 aromatic carbocycles. The Morgan fingerprint density at radius 3 is 2.44 bits per heavy atom. The number of hydrogen-bond donors (Lipinski definition) is 3. The molecule has 0 radical (unpaired) electrons. The van der Waals surface area contributed by atoms with Gasteiger partial charge in [-0.25, -0.2) is 0 Å². The molecule has 6 nitrogen and oxygen atoms in total. The van der Waals surface area contributed by atoms with Crippen molar-refractivity contribution < 1.29 is 4.79 Å². The number of para-hydroxylation sites is 1. The highest BCUT2D eigenvalue weighted by atomic mass is 16.1. The van der Waals surface area contributed by atoms with Crippen molar-refractivity contribution in [3.63, 3.8) is 0 Å². The zero-order valence-corrected chi connectivity index (χ0v) is 16.0. The third kappa shape index (κ3) is 7.45. The van der Waals surface area contributed by atoms with Crippen LogP contribution in [0, 0.1) is 5.41 Å². The van der Waals surface area contributed by atoms with Crippen LogP contribution in [0.25, 0.3) is 0 Å². The topological polar surface area (TPSA) is 82.7 Å². The summed E-state index contributed by atoms with van der Waals surface area (Å²) in [4.78, 5) is 18.2. The van der Waals surface area contributed by atoms with Crippen molar-refractivity contribution >= 4 is 17.6 Å². The minimum atomic E-state index is -0.644. The monoisotopic (exact) mass is 347 g/mol. The number of anilines is 1. The van der Waals surface area contributed by atoms with Gasteiger partial charge in [0, 0.05) is 31.9 Å². The molecule has 0 unspecified atom stereocenters. The lowest BCUT2D eigenvalue weighted by molar-refractivity contribution is -0.125. The Labute approximate surface area is 151 Å². The molecule has 0 aliphatic rings. The first kappa shape index (κ1) is 20.8. The third-order valence-corrected chi connectivity index (χ3v) is 4.04. The number of carbonyl (C=O) groups excluding carboxylic acids is 1. The van der Waals surface area contributed by atoms with Gasteiger partial charge >= 0.3 is 0 Å². The predicted octanol–water partition coefficient (Wildman–Crippen LogP) is 1.97. The van der Waals surface area contributed by atoms with E-state index in [1.165, 1.54) is 5.69 Å². The van der Waals surface area contributed by atoms with E-state index < -0.39 is 5.41 Å². The van der Waals surface area contributed by atoms with E-state index in [2.05, 4.69) is 51.7 Å². The summed E-state index contributed by atoms with van der Waals surface area (Å²) in [6.07, 6.45) is 0.992. The van der Waals surface area contributed by atoms with Crippen LogP contribution in [0.2, 0.25) is 0 Å². The molecular formula is C19H33N5O. The Bertz CT molecular complexity index is 542. The van der Waals surface area contributed by atoms with Crippen molar-refractivity contribution in [3.8, 4) is 0 Å². The van der Waals surface area contributed by atoms with E-state index in [0.717, 1.165) is 38.6 Å². The van der Waals surface area contributed by atoms with E-state index >= 15 is 0 Å². The van der Waals surface area contributed by atoms with Gasteiger partial charge in [-0.15, -0.1) is 0 Å². The number of nitrogens with one attached hydrogen (secondary N) is 2. The second kappa shape index (κ2) is 10.6. The lowest BCUT2D eigenvalue weighted by Crippen LogP contribution is -2.41. The number of aliphatic imine (C=N–C) groups is 1. The first-order valence-corrected chi connectivity index (χ1v) is 9.02. The van der Waals surface area contributed by atoms with Crippen LogP contribution >= 0.6 is 0 Å². The molecule has 6 heteroatoms. The highest BCUT2D eigenvalue weighted by Crippen LogP contribution is 2.14. The molecule has 0 aliphatic carbocycles. The number of nitrogens with two attached hydrogens (primary N) is 1. The Hall–Kier alpha value is -2.24. The van der Waals surface area contributed by atoms with E-state index in [-0.39, 0.29) is 5.91 Å². The molecule has 0 spiro atoms. The summed E-state index contributed by atoms with van der Waals surface area (Å²) in [5, 5.41) is 6.52. The van der Waals surface area contributed by atoms with Crippen LogP contribution in [0.1, 0.15) is 34.1 Å². The van der Waals surface area contributed by atoms with Crippen molar-refractivity contribution in [1.82, 2.24) is 10.6 Å². The largest absolute Gasteiger partial charge is 0.372 e. The maximum Gasteiger partial charge on any atom is 0.224 e. The third-order valence-electron chi connectivity index (χ3n) is 4.04. The number of guanidine groups is 1. The molecule has 0 saturated carbocycles. The van der Waals surface area contributed by atoms with Gasteiger partial charge in [-0.2, -0.15) is 0 Å². The molecule has 0 fully saturated rings. The van der Waals surface area contributed by atoms with Crippen LogP contribution in [-0.2, 0) is 4.79 Å². The molecule has 1 rings (SSSR count). The number of carbonyl (C=O) groups is 1. The highest BCUT2D eigenvalue weighted by molar-refractivity contribution is 5.82. The molecule has 0 aliphatic heterocycles. The SMILES string of the molecule is CCNC(=NCC(C)(C)C(N)=O)NCCCN(CC)c1ccccc1. The molecule has 0 atom stereocenters. The number of amides is 1. The van der Waals surface area contributed by atoms with Gasteiger partial charge in [0.05, 0.1) is 12.0 Å². The van der Waals surface area contributed by atoms with Gasteiger partial charge < -0.3 is 21.3 Å². The van der Waals surface area contributed by atoms with Crippen molar-refractivity contribution in [2.75, 3.05) is 37.6 Å². The fourth-order valence-electron chi connectivity index (χ4n) is 2.28. The summed E-state index contributed by atoms with van der Waals surface area (Å²) in [6.45, 7) is 11.7. The summed E-state index contributed by atoms with van der Waals surface area (Å²) in [5.41, 5.74) is 6.00. The van der Waals surface area contributed by atoms with Crippen LogP contribution in [0.5, 0.6) is 0 Å². The number of primary amides is 1. The lowest BCUT2D eigenvalue weighted by atomic mass is 9.93. The van der Waals surface area contributed by atoms with E-state index in [4.69, 9.17) is 5.73 Å². The average molecular weight is 348 g/mol. The predicted molar refractivity (Wildman–Crippen MR) is 106 cm³/mol. The molecule has 0 heterocycles. The molecule has 1 amide bonds. The molecule has 0 bridgehead atoms. The van der Waals surface area contributed by atoms with Crippen LogP contribution < -0.4 is 21.3 Å². The fourth-order valence-corrected chi connectivity index (χ4v) is 2.28. The van der Waals surface area contributed by atoms with Crippen molar-refractivity contribution in [2.45, 2.75) is 34.1 Å². The summed E-state index contributed by atoms with van der Waals surface area (Å²) in [7, 11) is 0. The summed E-state index contributed by atoms with van der Waals surface area (Å²) in [6, 6.07) is 10.4. The number of nitrogens with zero attached hydrogens (tertiary/aromatic N) is 2. The van der Waals surface area contributed by atoms with Crippen molar-refractivity contribution in [2.24, 2.45) is 16.1 Å². The average Bonchev–Trinajstić information content (AvgIpc) is 2.60. The second-order valence-corrected chi connectivity index (χ2v) is 6.64. The van der Waals surface area contributed by atoms with Gasteiger partial charge in [-0.3, -0.25) is 9.79 Å². The first-order valence-electron chi connectivity index (χ1n) is 9.02. The van der Waals surface area contributed by atoms with Gasteiger partial charge in [0.2, 0.25) is 5.91 Å². The first-order chi connectivity index (χ1) is 11.9. The molecule has 140 valence electrons. The molecule has 0 saturated heterocycles. The minimum Gasteiger partial charge on any atom is -0.372 e. The van der Waals surface area contributed by atoms with Crippen LogP contribution in [-0.4, -0.2) is 44.6 Å². The second-order valence-electron chi connectivity index (χ2n) is 6.64. The Balaban J connectivity index is 2.48. The van der Waals surface area contributed by atoms with Crippen LogP contribution in [0.4, 0.5) is 5.69 Å². The maximum atomic E-state index is 11.4. The summed E-state index contributed by atoms with van der Waals surface area (Å²) in [5.74, 6) is 0.383. The molecule has 25 heavy (non-hydrogen) atoms. The molecule has 0 aromatic heterocycles. The van der Waals surface area contributed by atoms with Gasteiger partial charge in [-0.05, 0) is 46.2 Å². The number of benzene rings is 1. The Morgan fingerprint density at radius 2 is 1.88 bits per heavy atom. The molecule has 1 aromatic rings. The number of rotatable bonds is 10. The van der Waals surface area contributed by atoms with Crippen LogP contribution in [0.3, 0.4) is 0 Å². The fraction of sp³-hybridized carbons (Fsp3) is 0.579. The van der Waals surface area contributed by atoms with Crippen molar-refractivity contribution in [3.05, 3.63) is 30.3 Å². The van der Waals surface area contributed by atoms with Gasteiger partial charge in [0.25, 0.3) is 0 Å². The Morgan fingerprint density at radius 1 is 1.20 bits per heavy atom. The molecular weight excluding hydrogens is 314 g/mol. The molecule has 4 N–H and O–H groups in total. The lowest BCUT2D eigenvalue weighted by Gasteiger charge is -2.23. The minimum absolute atomic E-state index is 0.339. The number of hydrogen-bond acceptors (Lipinski definition) is 3. The van der Waals surface area contributed by atoms with Crippen LogP contribution in [0.15, 0.2) is 35.3 Å². The van der Waals surface area contributed by atoms with E-state index in [1.54, 1.807) is 13.8 Å². The van der Waals surface area contributed by atoms with E-state index in [0.29, 0.717) is 6.54 Å². The zero-order chi connectivity index (χ0) is 18.7. The highest BCUT2D eigenvalue weighted by Gasteiger charge is 2.24. The zero-order valence-electron chi connectivity index (χ0n) is 16.0. The van der Waals surface area contributed by atoms with E-state index in [9.17, 15) is 4.79 Å².